The van der Waals surface area contributed by atoms with Crippen LogP contribution < -0.4 is 4.74 Å². The van der Waals surface area contributed by atoms with E-state index in [0.29, 0.717) is 26.0 Å². The number of ether oxygens (including phenoxy) is 1. The Balaban J connectivity index is 2.28. The number of hydrogen-bond donors (Lipinski definition) is 0. The monoisotopic (exact) mass is 386 g/mol. The maximum absolute atomic E-state index is 13.1. The number of rotatable bonds is 3. The molecule has 0 spiro atoms. The highest BCUT2D eigenvalue weighted by Gasteiger charge is 2.08. The van der Waals surface area contributed by atoms with Gasteiger partial charge in [-0.1, -0.05) is 0 Å². The fraction of sp³-hybridized carbons (Fsp3) is 0.0714. The first kappa shape index (κ1) is 14.2. The molecule has 0 bridgehead atoms. The van der Waals surface area contributed by atoms with Gasteiger partial charge < -0.3 is 4.74 Å². The number of halogens is 3. The highest BCUT2D eigenvalue weighted by molar-refractivity contribution is 9.10. The summed E-state index contributed by atoms with van der Waals surface area (Å²) >= 11 is 6.44. The number of carbonyl (C=O) groups is 1. The van der Waals surface area contributed by atoms with Gasteiger partial charge in [0.1, 0.15) is 17.3 Å². The topological polar surface area (TPSA) is 26.3 Å². The SMILES string of the molecule is CC(=O)c1ccc(Oc2ccc(F)c(Br)c2)c(Br)c1. The van der Waals surface area contributed by atoms with Crippen LogP contribution >= 0.6 is 31.9 Å². The molecule has 0 atom stereocenters. The summed E-state index contributed by atoms with van der Waals surface area (Å²) in [4.78, 5) is 11.2. The minimum atomic E-state index is -0.349. The summed E-state index contributed by atoms with van der Waals surface area (Å²) in [6.07, 6.45) is 0. The summed E-state index contributed by atoms with van der Waals surface area (Å²) < 4.78 is 19.7. The maximum atomic E-state index is 13.1. The summed E-state index contributed by atoms with van der Waals surface area (Å²) in [6, 6.07) is 9.46. The molecule has 0 heterocycles. The van der Waals surface area contributed by atoms with E-state index in [-0.39, 0.29) is 11.6 Å². The molecule has 0 fully saturated rings. The lowest BCUT2D eigenvalue weighted by atomic mass is 10.1. The third kappa shape index (κ3) is 3.42. The second-order valence-electron chi connectivity index (χ2n) is 3.88. The molecular weight excluding hydrogens is 379 g/mol. The molecular formula is C14H9Br2FO2. The quantitative estimate of drug-likeness (QED) is 0.664. The molecule has 0 aliphatic heterocycles. The number of carbonyl (C=O) groups excluding carboxylic acids is 1. The van der Waals surface area contributed by atoms with Crippen LogP contribution in [0.4, 0.5) is 4.39 Å². The molecule has 0 radical (unpaired) electrons. The Hall–Kier alpha value is -1.20. The fourth-order valence-electron chi connectivity index (χ4n) is 1.47. The lowest BCUT2D eigenvalue weighted by Crippen LogP contribution is -1.93. The van der Waals surface area contributed by atoms with Gasteiger partial charge in [0.05, 0.1) is 8.95 Å². The molecule has 0 unspecified atom stereocenters. The number of benzene rings is 2. The van der Waals surface area contributed by atoms with E-state index in [1.807, 2.05) is 0 Å². The van der Waals surface area contributed by atoms with E-state index in [4.69, 9.17) is 4.74 Å². The van der Waals surface area contributed by atoms with Gasteiger partial charge in [0.2, 0.25) is 0 Å². The smallest absolute Gasteiger partial charge is 0.159 e. The molecule has 0 aliphatic carbocycles. The molecule has 2 aromatic carbocycles. The number of Topliss-reactive ketones (excluding diaryl/α,β-unsaturated/α-hetero) is 1. The summed E-state index contributed by atoms with van der Waals surface area (Å²) in [5.41, 5.74) is 0.597. The zero-order chi connectivity index (χ0) is 14.0. The molecule has 0 saturated carbocycles. The van der Waals surface area contributed by atoms with Gasteiger partial charge in [-0.3, -0.25) is 4.79 Å². The van der Waals surface area contributed by atoms with E-state index in [2.05, 4.69) is 31.9 Å². The molecule has 5 heteroatoms. The average Bonchev–Trinajstić information content (AvgIpc) is 2.36. The van der Waals surface area contributed by atoms with E-state index < -0.39 is 0 Å². The van der Waals surface area contributed by atoms with Gasteiger partial charge in [-0.05, 0) is 75.2 Å². The Morgan fingerprint density at radius 2 is 1.84 bits per heavy atom. The van der Waals surface area contributed by atoms with Crippen molar-refractivity contribution in [3.05, 3.63) is 56.7 Å². The van der Waals surface area contributed by atoms with Crippen molar-refractivity contribution in [2.24, 2.45) is 0 Å². The van der Waals surface area contributed by atoms with Crippen molar-refractivity contribution in [2.45, 2.75) is 6.92 Å². The number of ketones is 1. The zero-order valence-corrected chi connectivity index (χ0v) is 13.1. The van der Waals surface area contributed by atoms with Gasteiger partial charge in [-0.2, -0.15) is 0 Å². The highest BCUT2D eigenvalue weighted by Crippen LogP contribution is 2.32. The molecule has 0 aliphatic rings. The van der Waals surface area contributed by atoms with Gasteiger partial charge in [0.15, 0.2) is 5.78 Å². The van der Waals surface area contributed by atoms with Gasteiger partial charge in [0.25, 0.3) is 0 Å². The minimum absolute atomic E-state index is 0.0169. The normalized spacial score (nSPS) is 10.3. The third-order valence-corrected chi connectivity index (χ3v) is 3.68. The highest BCUT2D eigenvalue weighted by atomic mass is 79.9. The Morgan fingerprint density at radius 1 is 1.11 bits per heavy atom. The molecule has 0 saturated heterocycles. The third-order valence-electron chi connectivity index (χ3n) is 2.46. The molecule has 0 aromatic heterocycles. The van der Waals surface area contributed by atoms with Crippen LogP contribution in [0.25, 0.3) is 0 Å². The Bertz CT molecular complexity index is 641. The van der Waals surface area contributed by atoms with Gasteiger partial charge in [0, 0.05) is 5.56 Å². The van der Waals surface area contributed by atoms with Crippen LogP contribution in [0.5, 0.6) is 11.5 Å². The Labute approximate surface area is 126 Å². The molecule has 98 valence electrons. The number of hydrogen-bond acceptors (Lipinski definition) is 2. The van der Waals surface area contributed by atoms with Crippen molar-refractivity contribution in [1.82, 2.24) is 0 Å². The van der Waals surface area contributed by atoms with Crippen LogP contribution in [0.1, 0.15) is 17.3 Å². The predicted molar refractivity (Wildman–Crippen MR) is 78.3 cm³/mol. The van der Waals surface area contributed by atoms with E-state index in [0.717, 1.165) is 0 Å². The van der Waals surface area contributed by atoms with E-state index in [1.165, 1.54) is 19.1 Å². The molecule has 2 rings (SSSR count). The van der Waals surface area contributed by atoms with Gasteiger partial charge >= 0.3 is 0 Å². The Kier molecular flexibility index (Phi) is 4.37. The first-order valence-corrected chi connectivity index (χ1v) is 6.99. The van der Waals surface area contributed by atoms with E-state index >= 15 is 0 Å². The van der Waals surface area contributed by atoms with Crippen LogP contribution in [0.2, 0.25) is 0 Å². The van der Waals surface area contributed by atoms with Crippen LogP contribution in [0.15, 0.2) is 45.3 Å². The molecule has 0 amide bonds. The maximum Gasteiger partial charge on any atom is 0.159 e. The molecule has 19 heavy (non-hydrogen) atoms. The van der Waals surface area contributed by atoms with Crippen LogP contribution in [0, 0.1) is 5.82 Å². The summed E-state index contributed by atoms with van der Waals surface area (Å²) in [5.74, 6) is 0.697. The van der Waals surface area contributed by atoms with Gasteiger partial charge in [-0.25, -0.2) is 4.39 Å². The molecule has 0 N–H and O–H groups in total. The summed E-state index contributed by atoms with van der Waals surface area (Å²) in [6.45, 7) is 1.50. The van der Waals surface area contributed by atoms with E-state index in [1.54, 1.807) is 24.3 Å². The second kappa shape index (κ2) is 5.84. The van der Waals surface area contributed by atoms with Crippen LogP contribution in [-0.4, -0.2) is 5.78 Å². The Morgan fingerprint density at radius 3 is 2.42 bits per heavy atom. The van der Waals surface area contributed by atoms with Crippen molar-refractivity contribution in [2.75, 3.05) is 0 Å². The first-order chi connectivity index (χ1) is 8.97. The second-order valence-corrected chi connectivity index (χ2v) is 5.59. The van der Waals surface area contributed by atoms with Gasteiger partial charge in [-0.15, -0.1) is 0 Å². The van der Waals surface area contributed by atoms with Crippen molar-refractivity contribution in [1.29, 1.82) is 0 Å². The molecule has 2 aromatic rings. The zero-order valence-electron chi connectivity index (χ0n) is 9.91. The first-order valence-electron chi connectivity index (χ1n) is 5.41. The van der Waals surface area contributed by atoms with E-state index in [9.17, 15) is 9.18 Å². The largest absolute Gasteiger partial charge is 0.456 e. The standard InChI is InChI=1S/C14H9Br2FO2/c1-8(18)9-2-5-14(12(16)6-9)19-10-3-4-13(17)11(15)7-10/h2-7H,1H3. The summed E-state index contributed by atoms with van der Waals surface area (Å²) in [5, 5.41) is 0. The molecule has 2 nitrogen and oxygen atoms in total. The van der Waals surface area contributed by atoms with Crippen molar-refractivity contribution >= 4 is 37.6 Å². The minimum Gasteiger partial charge on any atom is -0.456 e. The predicted octanol–water partition coefficient (Wildman–Crippen LogP) is 5.35. The lowest BCUT2D eigenvalue weighted by molar-refractivity contribution is 0.101. The van der Waals surface area contributed by atoms with Crippen molar-refractivity contribution in [3.63, 3.8) is 0 Å². The van der Waals surface area contributed by atoms with Crippen LogP contribution in [-0.2, 0) is 0 Å². The average molecular weight is 388 g/mol. The van der Waals surface area contributed by atoms with Crippen LogP contribution in [0.3, 0.4) is 0 Å². The van der Waals surface area contributed by atoms with Crippen molar-refractivity contribution < 1.29 is 13.9 Å². The lowest BCUT2D eigenvalue weighted by Gasteiger charge is -2.09. The van der Waals surface area contributed by atoms with Crippen molar-refractivity contribution in [3.8, 4) is 11.5 Å². The summed E-state index contributed by atoms with van der Waals surface area (Å²) in [7, 11) is 0. The fourth-order valence-corrected chi connectivity index (χ4v) is 2.29.